The number of hydrogen-bond donors (Lipinski definition) is 1. The highest BCUT2D eigenvalue weighted by atomic mass is 16.5. The zero-order valence-electron chi connectivity index (χ0n) is 19.5. The highest BCUT2D eigenvalue weighted by Crippen LogP contribution is 2.47. The van der Waals surface area contributed by atoms with E-state index in [0.717, 1.165) is 5.70 Å². The molecule has 1 N–H and O–H groups in total. The molecule has 0 radical (unpaired) electrons. The van der Waals surface area contributed by atoms with Gasteiger partial charge >= 0.3 is 11.9 Å². The topological polar surface area (TPSA) is 90.9 Å². The maximum absolute atomic E-state index is 13.7. The molecule has 0 bridgehead atoms. The van der Waals surface area contributed by atoms with Crippen LogP contribution in [0.2, 0.25) is 0 Å². The zero-order valence-corrected chi connectivity index (χ0v) is 19.5. The van der Waals surface area contributed by atoms with Crippen molar-refractivity contribution in [3.63, 3.8) is 0 Å². The standard InChI is InChI=1S/C25H31NO6/c1-7-31-25(29)20-15(5)26-17-12-14(4)19(24(28)30-6)23(27)22(17)21(20)16-10-8-9-11-18(16)32-13(2)3/h8-11,13-14,19,21,26H,7,12H2,1-6H3/t14-,19-,21+/m1/s1. The summed E-state index contributed by atoms with van der Waals surface area (Å²) in [6.45, 7) is 9.43. The molecule has 32 heavy (non-hydrogen) atoms. The molecule has 1 aromatic rings. The molecule has 1 aromatic carbocycles. The van der Waals surface area contributed by atoms with Crippen LogP contribution < -0.4 is 10.1 Å². The number of carbonyl (C=O) groups is 3. The lowest BCUT2D eigenvalue weighted by molar-refractivity contribution is -0.151. The maximum atomic E-state index is 13.7. The summed E-state index contributed by atoms with van der Waals surface area (Å²) in [5, 5.41) is 3.25. The molecule has 0 spiro atoms. The van der Waals surface area contributed by atoms with E-state index in [1.165, 1.54) is 7.11 Å². The summed E-state index contributed by atoms with van der Waals surface area (Å²) in [4.78, 5) is 39.2. The zero-order chi connectivity index (χ0) is 23.6. The number of para-hydroxylation sites is 1. The van der Waals surface area contributed by atoms with Crippen LogP contribution in [-0.4, -0.2) is 37.5 Å². The minimum absolute atomic E-state index is 0.104. The first-order valence-corrected chi connectivity index (χ1v) is 11.0. The van der Waals surface area contributed by atoms with E-state index >= 15 is 0 Å². The number of hydrogen-bond acceptors (Lipinski definition) is 7. The quantitative estimate of drug-likeness (QED) is 0.532. The molecular formula is C25H31NO6. The molecule has 0 unspecified atom stereocenters. The molecule has 3 rings (SSSR count). The first-order valence-electron chi connectivity index (χ1n) is 11.0. The number of ketones is 1. The Bertz CT molecular complexity index is 990. The molecule has 0 amide bonds. The van der Waals surface area contributed by atoms with Crippen molar-refractivity contribution in [2.24, 2.45) is 11.8 Å². The van der Waals surface area contributed by atoms with Gasteiger partial charge in [-0.3, -0.25) is 9.59 Å². The van der Waals surface area contributed by atoms with E-state index in [-0.39, 0.29) is 24.4 Å². The van der Waals surface area contributed by atoms with E-state index in [2.05, 4.69) is 5.32 Å². The number of Topliss-reactive ketones (excluding diaryl/α,β-unsaturated/α-hetero) is 1. The molecule has 0 saturated carbocycles. The van der Waals surface area contributed by atoms with Crippen LogP contribution in [0.15, 0.2) is 46.8 Å². The number of ether oxygens (including phenoxy) is 3. The van der Waals surface area contributed by atoms with Gasteiger partial charge in [-0.1, -0.05) is 25.1 Å². The predicted octanol–water partition coefficient (Wildman–Crippen LogP) is 3.65. The number of nitrogens with one attached hydrogen (secondary N) is 1. The lowest BCUT2D eigenvalue weighted by Gasteiger charge is -2.38. The van der Waals surface area contributed by atoms with Gasteiger partial charge in [-0.25, -0.2) is 4.79 Å². The molecule has 1 aliphatic heterocycles. The summed E-state index contributed by atoms with van der Waals surface area (Å²) in [5.74, 6) is -2.71. The predicted molar refractivity (Wildman–Crippen MR) is 119 cm³/mol. The van der Waals surface area contributed by atoms with Crippen LogP contribution in [0, 0.1) is 11.8 Å². The summed E-state index contributed by atoms with van der Waals surface area (Å²) in [7, 11) is 1.28. The smallest absolute Gasteiger partial charge is 0.336 e. The number of rotatable bonds is 6. The van der Waals surface area contributed by atoms with E-state index in [1.807, 2.05) is 45.0 Å². The molecule has 7 nitrogen and oxygen atoms in total. The fraction of sp³-hybridized carbons (Fsp3) is 0.480. The molecule has 2 aliphatic rings. The Kier molecular flexibility index (Phi) is 7.06. The van der Waals surface area contributed by atoms with Gasteiger partial charge in [0.2, 0.25) is 0 Å². The molecular weight excluding hydrogens is 410 g/mol. The molecule has 3 atom stereocenters. The van der Waals surface area contributed by atoms with E-state index in [4.69, 9.17) is 14.2 Å². The summed E-state index contributed by atoms with van der Waals surface area (Å²) in [6.07, 6.45) is 0.380. The Labute approximate surface area is 188 Å². The highest BCUT2D eigenvalue weighted by Gasteiger charge is 2.47. The van der Waals surface area contributed by atoms with Crippen molar-refractivity contribution >= 4 is 17.7 Å². The van der Waals surface area contributed by atoms with E-state index in [1.54, 1.807) is 13.8 Å². The second-order valence-corrected chi connectivity index (χ2v) is 8.46. The van der Waals surface area contributed by atoms with Crippen molar-refractivity contribution in [1.29, 1.82) is 0 Å². The van der Waals surface area contributed by atoms with Crippen molar-refractivity contribution in [2.45, 2.75) is 53.1 Å². The second kappa shape index (κ2) is 9.59. The third-order valence-corrected chi connectivity index (χ3v) is 5.83. The molecule has 0 saturated heterocycles. The summed E-state index contributed by atoms with van der Waals surface area (Å²) in [6, 6.07) is 7.36. The molecule has 1 heterocycles. The number of benzene rings is 1. The van der Waals surface area contributed by atoms with Gasteiger partial charge in [0, 0.05) is 22.5 Å². The number of methoxy groups -OCH3 is 1. The van der Waals surface area contributed by atoms with Gasteiger partial charge in [0.25, 0.3) is 0 Å². The average molecular weight is 442 g/mol. The monoisotopic (exact) mass is 441 g/mol. The van der Waals surface area contributed by atoms with Crippen LogP contribution in [-0.2, 0) is 23.9 Å². The minimum Gasteiger partial charge on any atom is -0.491 e. The van der Waals surface area contributed by atoms with E-state index < -0.39 is 23.8 Å². The number of allylic oxidation sites excluding steroid dienone is 3. The maximum Gasteiger partial charge on any atom is 0.336 e. The number of dihydropyridines is 1. The Morgan fingerprint density at radius 2 is 1.91 bits per heavy atom. The Morgan fingerprint density at radius 3 is 2.53 bits per heavy atom. The van der Waals surface area contributed by atoms with Crippen LogP contribution >= 0.6 is 0 Å². The first kappa shape index (κ1) is 23.6. The molecule has 0 fully saturated rings. The van der Waals surface area contributed by atoms with Gasteiger partial charge in [-0.2, -0.15) is 0 Å². The van der Waals surface area contributed by atoms with Crippen LogP contribution in [0.5, 0.6) is 5.75 Å². The van der Waals surface area contributed by atoms with E-state index in [9.17, 15) is 14.4 Å². The normalized spacial score (nSPS) is 23.0. The van der Waals surface area contributed by atoms with Crippen molar-refractivity contribution in [1.82, 2.24) is 5.32 Å². The van der Waals surface area contributed by atoms with Crippen LogP contribution in [0.25, 0.3) is 0 Å². The summed E-state index contributed by atoms with van der Waals surface area (Å²) in [5.41, 5.74) is 2.77. The first-order chi connectivity index (χ1) is 15.2. The van der Waals surface area contributed by atoms with Crippen LogP contribution in [0.4, 0.5) is 0 Å². The van der Waals surface area contributed by atoms with Gasteiger partial charge in [-0.05, 0) is 46.1 Å². The lowest BCUT2D eigenvalue weighted by Crippen LogP contribution is -2.43. The Morgan fingerprint density at radius 1 is 1.22 bits per heavy atom. The third kappa shape index (κ3) is 4.29. The highest BCUT2D eigenvalue weighted by molar-refractivity contribution is 6.12. The minimum atomic E-state index is -0.928. The summed E-state index contributed by atoms with van der Waals surface area (Å²) >= 11 is 0. The average Bonchev–Trinajstić information content (AvgIpc) is 2.72. The Hall–Kier alpha value is -3.09. The summed E-state index contributed by atoms with van der Waals surface area (Å²) < 4.78 is 16.3. The number of carbonyl (C=O) groups excluding carboxylic acids is 3. The number of esters is 2. The van der Waals surface area contributed by atoms with Crippen LogP contribution in [0.1, 0.15) is 52.5 Å². The van der Waals surface area contributed by atoms with Gasteiger partial charge in [0.05, 0.1) is 31.3 Å². The fourth-order valence-electron chi connectivity index (χ4n) is 4.55. The molecule has 7 heteroatoms. The second-order valence-electron chi connectivity index (χ2n) is 8.46. The van der Waals surface area contributed by atoms with Gasteiger partial charge < -0.3 is 19.5 Å². The Balaban J connectivity index is 2.24. The van der Waals surface area contributed by atoms with Crippen molar-refractivity contribution in [2.75, 3.05) is 13.7 Å². The van der Waals surface area contributed by atoms with Crippen LogP contribution in [0.3, 0.4) is 0 Å². The SMILES string of the molecule is CCOC(=O)C1=C(C)NC2=C(C(=O)[C@H](C(=O)OC)[C@H](C)C2)[C@H]1c1ccccc1OC(C)C. The molecule has 172 valence electrons. The largest absolute Gasteiger partial charge is 0.491 e. The van der Waals surface area contributed by atoms with Crippen molar-refractivity contribution < 1.29 is 28.6 Å². The molecule has 1 aliphatic carbocycles. The molecule has 0 aromatic heterocycles. The van der Waals surface area contributed by atoms with Crippen molar-refractivity contribution in [3.8, 4) is 5.75 Å². The lowest BCUT2D eigenvalue weighted by atomic mass is 9.69. The fourth-order valence-corrected chi connectivity index (χ4v) is 4.55. The third-order valence-electron chi connectivity index (χ3n) is 5.83. The van der Waals surface area contributed by atoms with Crippen molar-refractivity contribution in [3.05, 3.63) is 52.4 Å². The van der Waals surface area contributed by atoms with Gasteiger partial charge in [-0.15, -0.1) is 0 Å². The van der Waals surface area contributed by atoms with E-state index in [0.29, 0.717) is 34.6 Å². The van der Waals surface area contributed by atoms with Gasteiger partial charge in [0.15, 0.2) is 5.78 Å². The van der Waals surface area contributed by atoms with Gasteiger partial charge in [0.1, 0.15) is 11.7 Å².